The fraction of sp³-hybridized carbons (Fsp3) is 1.00. The molecule has 0 aliphatic heterocycles. The number of halogens is 1. The van der Waals surface area contributed by atoms with Gasteiger partial charge >= 0.3 is 0 Å². The van der Waals surface area contributed by atoms with Gasteiger partial charge in [-0.1, -0.05) is 35.9 Å². The third-order valence-electron chi connectivity index (χ3n) is 2.47. The maximum atomic E-state index is 3.37. The van der Waals surface area contributed by atoms with Crippen molar-refractivity contribution in [2.75, 3.05) is 11.5 Å². The molecule has 2 heteroatoms. The van der Waals surface area contributed by atoms with E-state index in [4.69, 9.17) is 0 Å². The van der Waals surface area contributed by atoms with Gasteiger partial charge in [-0.2, -0.15) is 0 Å². The average molecular weight is 253 g/mol. The first kappa shape index (κ1) is 8.78. The Kier molecular flexibility index (Phi) is 3.43. The zero-order valence-corrected chi connectivity index (χ0v) is 8.89. The molecule has 1 saturated carbocycles. The molecule has 0 aromatic rings. The van der Waals surface area contributed by atoms with Crippen molar-refractivity contribution >= 4 is 22.6 Å². The summed E-state index contributed by atoms with van der Waals surface area (Å²) in [6, 6.07) is 0.844. The van der Waals surface area contributed by atoms with Gasteiger partial charge < -0.3 is 5.32 Å². The monoisotopic (exact) mass is 253 g/mol. The molecule has 0 radical (unpaired) electrons. The van der Waals surface area contributed by atoms with Crippen LogP contribution in [0.4, 0.5) is 0 Å². The van der Waals surface area contributed by atoms with Crippen LogP contribution in [-0.4, -0.2) is 17.5 Å². The topological polar surface area (TPSA) is 12.0 Å². The van der Waals surface area contributed by atoms with E-state index >= 15 is 0 Å². The second-order valence-corrected chi connectivity index (χ2v) is 3.97. The highest BCUT2D eigenvalue weighted by atomic mass is 127. The number of hydrogen-bond acceptors (Lipinski definition) is 1. The lowest BCUT2D eigenvalue weighted by atomic mass is 10.2. The summed E-state index contributed by atoms with van der Waals surface area (Å²) in [5.74, 6) is 1.97. The molecule has 1 aliphatic rings. The number of hydrogen-bond donors (Lipinski definition) is 1. The van der Waals surface area contributed by atoms with Gasteiger partial charge in [0.05, 0.1) is 0 Å². The third kappa shape index (κ3) is 1.64. The van der Waals surface area contributed by atoms with Gasteiger partial charge in [0.15, 0.2) is 0 Å². The SMILES string of the molecule is CCCC1C(CI)[C@@H]1NC. The maximum Gasteiger partial charge on any atom is 0.0135 e. The number of nitrogens with one attached hydrogen (secondary N) is 1. The molecule has 1 fully saturated rings. The molecule has 10 heavy (non-hydrogen) atoms. The zero-order chi connectivity index (χ0) is 7.56. The first-order valence-corrected chi connectivity index (χ1v) is 5.61. The summed E-state index contributed by atoms with van der Waals surface area (Å²) < 4.78 is 1.33. The van der Waals surface area contributed by atoms with E-state index in [1.165, 1.54) is 17.3 Å². The highest BCUT2D eigenvalue weighted by Crippen LogP contribution is 2.43. The van der Waals surface area contributed by atoms with E-state index in [0.717, 1.165) is 17.9 Å². The Hall–Kier alpha value is 0.690. The zero-order valence-electron chi connectivity index (χ0n) is 6.73. The third-order valence-corrected chi connectivity index (χ3v) is 3.48. The van der Waals surface area contributed by atoms with E-state index < -0.39 is 0 Å². The van der Waals surface area contributed by atoms with Crippen molar-refractivity contribution in [3.8, 4) is 0 Å². The first-order chi connectivity index (χ1) is 4.85. The molecule has 0 saturated heterocycles. The summed E-state index contributed by atoms with van der Waals surface area (Å²) >= 11 is 2.49. The van der Waals surface area contributed by atoms with Crippen LogP contribution in [0.5, 0.6) is 0 Å². The van der Waals surface area contributed by atoms with Crippen LogP contribution in [0.15, 0.2) is 0 Å². The molecule has 1 rings (SSSR count). The van der Waals surface area contributed by atoms with E-state index in [9.17, 15) is 0 Å². The first-order valence-electron chi connectivity index (χ1n) is 4.08. The second-order valence-electron chi connectivity index (χ2n) is 3.09. The van der Waals surface area contributed by atoms with Crippen LogP contribution in [0.3, 0.4) is 0 Å². The van der Waals surface area contributed by atoms with Crippen LogP contribution in [-0.2, 0) is 0 Å². The van der Waals surface area contributed by atoms with Crippen molar-refractivity contribution in [3.63, 3.8) is 0 Å². The lowest BCUT2D eigenvalue weighted by Crippen LogP contribution is -2.12. The molecule has 0 aromatic heterocycles. The molecule has 1 nitrogen and oxygen atoms in total. The summed E-state index contributed by atoms with van der Waals surface area (Å²) in [5, 5.41) is 3.37. The minimum absolute atomic E-state index is 0.844. The van der Waals surface area contributed by atoms with Crippen LogP contribution < -0.4 is 5.32 Å². The second kappa shape index (κ2) is 3.90. The Bertz CT molecular complexity index is 95.4. The van der Waals surface area contributed by atoms with Crippen molar-refractivity contribution in [2.45, 2.75) is 25.8 Å². The van der Waals surface area contributed by atoms with E-state index in [1.807, 2.05) is 0 Å². The van der Waals surface area contributed by atoms with E-state index in [1.54, 1.807) is 0 Å². The molecule has 1 aliphatic carbocycles. The van der Waals surface area contributed by atoms with Gasteiger partial charge in [-0.15, -0.1) is 0 Å². The summed E-state index contributed by atoms with van der Waals surface area (Å²) in [5.41, 5.74) is 0. The van der Waals surface area contributed by atoms with Gasteiger partial charge in [-0.3, -0.25) is 0 Å². The molecule has 0 aromatic carbocycles. The average Bonchev–Trinajstić information content (AvgIpc) is 2.62. The van der Waals surface area contributed by atoms with Crippen LogP contribution in [0.25, 0.3) is 0 Å². The standard InChI is InChI=1S/C8H16IN/c1-3-4-6-7(5-9)8(6)10-2/h6-8,10H,3-5H2,1-2H3/t6?,7?,8-/m1/s1. The van der Waals surface area contributed by atoms with Gasteiger partial charge in [0.1, 0.15) is 0 Å². The summed E-state index contributed by atoms with van der Waals surface area (Å²) in [7, 11) is 2.08. The quantitative estimate of drug-likeness (QED) is 0.597. The van der Waals surface area contributed by atoms with Gasteiger partial charge in [0, 0.05) is 10.5 Å². The van der Waals surface area contributed by atoms with E-state index in [2.05, 4.69) is 41.9 Å². The highest BCUT2D eigenvalue weighted by molar-refractivity contribution is 14.1. The molecule has 0 amide bonds. The predicted molar refractivity (Wildman–Crippen MR) is 53.6 cm³/mol. The molecule has 0 bridgehead atoms. The molecule has 2 unspecified atom stereocenters. The van der Waals surface area contributed by atoms with E-state index in [0.29, 0.717) is 0 Å². The molecule has 1 N–H and O–H groups in total. The van der Waals surface area contributed by atoms with Crippen molar-refractivity contribution in [1.82, 2.24) is 5.32 Å². The fourth-order valence-electron chi connectivity index (χ4n) is 1.81. The summed E-state index contributed by atoms with van der Waals surface area (Å²) in [6.07, 6.45) is 2.76. The van der Waals surface area contributed by atoms with Crippen LogP contribution >= 0.6 is 22.6 Å². The molecular formula is C8H16IN. The molecular weight excluding hydrogens is 237 g/mol. The van der Waals surface area contributed by atoms with Crippen LogP contribution in [0, 0.1) is 11.8 Å². The van der Waals surface area contributed by atoms with Gasteiger partial charge in [0.2, 0.25) is 0 Å². The smallest absolute Gasteiger partial charge is 0.0135 e. The Balaban J connectivity index is 2.22. The normalized spacial score (nSPS) is 38.1. The van der Waals surface area contributed by atoms with Crippen molar-refractivity contribution in [3.05, 3.63) is 0 Å². The van der Waals surface area contributed by atoms with Gasteiger partial charge in [-0.25, -0.2) is 0 Å². The Morgan fingerprint density at radius 1 is 1.40 bits per heavy atom. The molecule has 3 atom stereocenters. The van der Waals surface area contributed by atoms with Crippen LogP contribution in [0.2, 0.25) is 0 Å². The van der Waals surface area contributed by atoms with Crippen LogP contribution in [0.1, 0.15) is 19.8 Å². The van der Waals surface area contributed by atoms with Gasteiger partial charge in [0.25, 0.3) is 0 Å². The van der Waals surface area contributed by atoms with Crippen molar-refractivity contribution in [1.29, 1.82) is 0 Å². The predicted octanol–water partition coefficient (Wildman–Crippen LogP) is 2.06. The maximum absolute atomic E-state index is 3.37. The summed E-state index contributed by atoms with van der Waals surface area (Å²) in [6.45, 7) is 2.27. The van der Waals surface area contributed by atoms with E-state index in [-0.39, 0.29) is 0 Å². The minimum atomic E-state index is 0.844. The van der Waals surface area contributed by atoms with Gasteiger partial charge in [-0.05, 0) is 25.3 Å². The number of alkyl halides is 1. The summed E-state index contributed by atoms with van der Waals surface area (Å²) in [4.78, 5) is 0. The molecule has 0 heterocycles. The molecule has 0 spiro atoms. The Labute approximate surface area is 77.1 Å². The van der Waals surface area contributed by atoms with Crippen molar-refractivity contribution < 1.29 is 0 Å². The largest absolute Gasteiger partial charge is 0.316 e. The molecule has 60 valence electrons. The lowest BCUT2D eigenvalue weighted by molar-refractivity contribution is 0.635. The lowest BCUT2D eigenvalue weighted by Gasteiger charge is -1.92. The Morgan fingerprint density at radius 2 is 2.10 bits per heavy atom. The highest BCUT2D eigenvalue weighted by Gasteiger charge is 2.46. The fourth-order valence-corrected chi connectivity index (χ4v) is 3.01. The minimum Gasteiger partial charge on any atom is -0.316 e. The Morgan fingerprint density at radius 3 is 2.40 bits per heavy atom. The van der Waals surface area contributed by atoms with Crippen molar-refractivity contribution in [2.24, 2.45) is 11.8 Å². The number of rotatable bonds is 4.